The van der Waals surface area contributed by atoms with Crippen molar-refractivity contribution in [2.75, 3.05) is 0 Å². The molecule has 1 unspecified atom stereocenters. The lowest BCUT2D eigenvalue weighted by Gasteiger charge is -2.12. The summed E-state index contributed by atoms with van der Waals surface area (Å²) in [5.74, 6) is -0.503. The summed E-state index contributed by atoms with van der Waals surface area (Å²) in [5, 5.41) is 10.3. The fraction of sp³-hybridized carbons (Fsp3) is 0.0556. The highest BCUT2D eigenvalue weighted by Gasteiger charge is 2.14. The van der Waals surface area contributed by atoms with Gasteiger partial charge in [-0.05, 0) is 22.8 Å². The summed E-state index contributed by atoms with van der Waals surface area (Å²) in [4.78, 5) is 3.69. The van der Waals surface area contributed by atoms with Crippen LogP contribution in [0.25, 0.3) is 11.1 Å². The van der Waals surface area contributed by atoms with Crippen molar-refractivity contribution in [2.45, 2.75) is 6.10 Å². The SMILES string of the molecule is OC(c1ccc(-c2ccccc2)cc1)c1ccncc1F. The maximum absolute atomic E-state index is 13.6. The third-order valence-electron chi connectivity index (χ3n) is 3.43. The smallest absolute Gasteiger partial charge is 0.147 e. The minimum atomic E-state index is -0.988. The number of aliphatic hydroxyl groups is 1. The fourth-order valence-electron chi connectivity index (χ4n) is 2.28. The number of pyridine rings is 1. The predicted octanol–water partition coefficient (Wildman–Crippen LogP) is 3.97. The van der Waals surface area contributed by atoms with E-state index in [1.165, 1.54) is 12.3 Å². The maximum Gasteiger partial charge on any atom is 0.147 e. The Morgan fingerprint density at radius 3 is 2.19 bits per heavy atom. The van der Waals surface area contributed by atoms with Gasteiger partial charge in [0.1, 0.15) is 11.9 Å². The molecule has 21 heavy (non-hydrogen) atoms. The summed E-state index contributed by atoms with van der Waals surface area (Å²) in [6, 6.07) is 18.9. The van der Waals surface area contributed by atoms with Gasteiger partial charge in [0.2, 0.25) is 0 Å². The lowest BCUT2D eigenvalue weighted by atomic mass is 9.98. The molecule has 2 aromatic carbocycles. The Kier molecular flexibility index (Phi) is 3.75. The molecule has 0 fully saturated rings. The zero-order valence-electron chi connectivity index (χ0n) is 11.3. The zero-order chi connectivity index (χ0) is 14.7. The van der Waals surface area contributed by atoms with Gasteiger partial charge >= 0.3 is 0 Å². The largest absolute Gasteiger partial charge is 0.384 e. The first-order valence-electron chi connectivity index (χ1n) is 6.68. The Labute approximate surface area is 122 Å². The first-order chi connectivity index (χ1) is 10.3. The molecular formula is C18H14FNO. The highest BCUT2D eigenvalue weighted by Crippen LogP contribution is 2.26. The van der Waals surface area contributed by atoms with Crippen LogP contribution in [0.15, 0.2) is 73.1 Å². The topological polar surface area (TPSA) is 33.1 Å². The third kappa shape index (κ3) is 2.83. The molecule has 3 heteroatoms. The number of halogens is 1. The van der Waals surface area contributed by atoms with Gasteiger partial charge in [-0.3, -0.25) is 4.98 Å². The lowest BCUT2D eigenvalue weighted by molar-refractivity contribution is 0.214. The van der Waals surface area contributed by atoms with Gasteiger partial charge in [0.05, 0.1) is 6.20 Å². The van der Waals surface area contributed by atoms with Crippen LogP contribution in [0.5, 0.6) is 0 Å². The highest BCUT2D eigenvalue weighted by molar-refractivity contribution is 5.63. The van der Waals surface area contributed by atoms with Crippen LogP contribution in [0.3, 0.4) is 0 Å². The van der Waals surface area contributed by atoms with Gasteiger partial charge in [-0.2, -0.15) is 0 Å². The molecule has 0 amide bonds. The molecular weight excluding hydrogens is 265 g/mol. The lowest BCUT2D eigenvalue weighted by Crippen LogP contribution is -2.02. The number of aliphatic hydroxyl groups excluding tert-OH is 1. The predicted molar refractivity (Wildman–Crippen MR) is 80.1 cm³/mol. The van der Waals surface area contributed by atoms with Crippen molar-refractivity contribution < 1.29 is 9.50 Å². The summed E-state index contributed by atoms with van der Waals surface area (Å²) in [5.41, 5.74) is 3.05. The average Bonchev–Trinajstić information content (AvgIpc) is 2.56. The molecule has 104 valence electrons. The number of aromatic nitrogens is 1. The van der Waals surface area contributed by atoms with E-state index in [2.05, 4.69) is 4.98 Å². The molecule has 1 N–H and O–H groups in total. The fourth-order valence-corrected chi connectivity index (χ4v) is 2.28. The molecule has 2 nitrogen and oxygen atoms in total. The minimum absolute atomic E-state index is 0.234. The molecule has 0 aliphatic rings. The van der Waals surface area contributed by atoms with Gasteiger partial charge in [0, 0.05) is 11.8 Å². The summed E-state index contributed by atoms with van der Waals surface area (Å²) >= 11 is 0. The number of hydrogen-bond donors (Lipinski definition) is 1. The van der Waals surface area contributed by atoms with E-state index in [1.807, 2.05) is 54.6 Å². The zero-order valence-corrected chi connectivity index (χ0v) is 11.3. The third-order valence-corrected chi connectivity index (χ3v) is 3.43. The van der Waals surface area contributed by atoms with Crippen LogP contribution >= 0.6 is 0 Å². The van der Waals surface area contributed by atoms with E-state index in [0.717, 1.165) is 17.3 Å². The molecule has 0 bridgehead atoms. The quantitative estimate of drug-likeness (QED) is 0.787. The number of hydrogen-bond acceptors (Lipinski definition) is 2. The number of benzene rings is 2. The summed E-state index contributed by atoms with van der Waals surface area (Å²) in [6.07, 6.45) is 1.59. The molecule has 0 aliphatic carbocycles. The van der Waals surface area contributed by atoms with Crippen molar-refractivity contribution in [1.29, 1.82) is 0 Å². The van der Waals surface area contributed by atoms with Crippen LogP contribution in [0, 0.1) is 5.82 Å². The molecule has 0 radical (unpaired) electrons. The van der Waals surface area contributed by atoms with Crippen LogP contribution in [0.2, 0.25) is 0 Å². The Hall–Kier alpha value is -2.52. The molecule has 0 spiro atoms. The molecule has 1 heterocycles. The van der Waals surface area contributed by atoms with Crippen LogP contribution in [0.1, 0.15) is 17.2 Å². The highest BCUT2D eigenvalue weighted by atomic mass is 19.1. The van der Waals surface area contributed by atoms with Gasteiger partial charge in [-0.1, -0.05) is 54.6 Å². The number of rotatable bonds is 3. The summed E-state index contributed by atoms with van der Waals surface area (Å²) in [6.45, 7) is 0. The standard InChI is InChI=1S/C18H14FNO/c19-17-12-20-11-10-16(17)18(21)15-8-6-14(7-9-15)13-4-2-1-3-5-13/h1-12,18,21H. The van der Waals surface area contributed by atoms with Crippen molar-refractivity contribution >= 4 is 0 Å². The van der Waals surface area contributed by atoms with E-state index in [0.29, 0.717) is 5.56 Å². The van der Waals surface area contributed by atoms with Gasteiger partial charge in [0.15, 0.2) is 0 Å². The molecule has 0 saturated carbocycles. The van der Waals surface area contributed by atoms with Gasteiger partial charge in [-0.15, -0.1) is 0 Å². The molecule has 1 aromatic heterocycles. The van der Waals surface area contributed by atoms with Crippen LogP contribution < -0.4 is 0 Å². The Morgan fingerprint density at radius 2 is 1.52 bits per heavy atom. The van der Waals surface area contributed by atoms with E-state index < -0.39 is 11.9 Å². The van der Waals surface area contributed by atoms with Gasteiger partial charge in [0.25, 0.3) is 0 Å². The number of nitrogens with zero attached hydrogens (tertiary/aromatic N) is 1. The van der Waals surface area contributed by atoms with Crippen molar-refractivity contribution in [1.82, 2.24) is 4.98 Å². The summed E-state index contributed by atoms with van der Waals surface area (Å²) < 4.78 is 13.6. The van der Waals surface area contributed by atoms with Gasteiger partial charge < -0.3 is 5.11 Å². The van der Waals surface area contributed by atoms with E-state index in [-0.39, 0.29) is 5.56 Å². The molecule has 0 saturated heterocycles. The van der Waals surface area contributed by atoms with E-state index in [1.54, 1.807) is 0 Å². The first kappa shape index (κ1) is 13.5. The molecule has 3 rings (SSSR count). The van der Waals surface area contributed by atoms with Crippen molar-refractivity contribution in [3.05, 3.63) is 90.0 Å². The minimum Gasteiger partial charge on any atom is -0.384 e. The van der Waals surface area contributed by atoms with E-state index in [4.69, 9.17) is 0 Å². The van der Waals surface area contributed by atoms with Crippen LogP contribution in [0.4, 0.5) is 4.39 Å². The van der Waals surface area contributed by atoms with Crippen molar-refractivity contribution in [3.63, 3.8) is 0 Å². The normalized spacial score (nSPS) is 12.1. The van der Waals surface area contributed by atoms with E-state index >= 15 is 0 Å². The van der Waals surface area contributed by atoms with Crippen molar-refractivity contribution in [3.8, 4) is 11.1 Å². The Morgan fingerprint density at radius 1 is 0.857 bits per heavy atom. The van der Waals surface area contributed by atoms with Crippen LogP contribution in [-0.4, -0.2) is 10.1 Å². The second-order valence-electron chi connectivity index (χ2n) is 4.79. The van der Waals surface area contributed by atoms with Gasteiger partial charge in [-0.25, -0.2) is 4.39 Å². The monoisotopic (exact) mass is 279 g/mol. The van der Waals surface area contributed by atoms with E-state index in [9.17, 15) is 9.50 Å². The van der Waals surface area contributed by atoms with Crippen LogP contribution in [-0.2, 0) is 0 Å². The maximum atomic E-state index is 13.6. The first-order valence-corrected chi connectivity index (χ1v) is 6.68. The Balaban J connectivity index is 1.89. The van der Waals surface area contributed by atoms with Crippen molar-refractivity contribution in [2.24, 2.45) is 0 Å². The molecule has 3 aromatic rings. The molecule has 0 aliphatic heterocycles. The second-order valence-corrected chi connectivity index (χ2v) is 4.79. The average molecular weight is 279 g/mol. The second kappa shape index (κ2) is 5.85. The summed E-state index contributed by atoms with van der Waals surface area (Å²) in [7, 11) is 0. The molecule has 1 atom stereocenters. The Bertz CT molecular complexity index is 726.